The summed E-state index contributed by atoms with van der Waals surface area (Å²) in [6, 6.07) is 8.88. The number of rotatable bonds is 4. The molecule has 0 aromatic heterocycles. The van der Waals surface area contributed by atoms with Crippen molar-refractivity contribution in [2.45, 2.75) is 6.04 Å². The average Bonchev–Trinajstić information content (AvgIpc) is 2.39. The minimum atomic E-state index is -1.19. The zero-order chi connectivity index (χ0) is 14.7. The molecule has 0 fully saturated rings. The summed E-state index contributed by atoms with van der Waals surface area (Å²) < 4.78 is 27.0. The molecule has 2 rings (SSSR count). The highest BCUT2D eigenvalue weighted by Crippen LogP contribution is 2.24. The zero-order valence-electron chi connectivity index (χ0n) is 10.2. The molecule has 104 valence electrons. The normalized spacial score (nSPS) is 11.9. The number of nitrogens with one attached hydrogen (secondary N) is 1. The Balaban J connectivity index is 2.37. The quantitative estimate of drug-likeness (QED) is 0.910. The molecule has 1 unspecified atom stereocenters. The SMILES string of the molecule is NC(=O)C(Nc1cccc(Cl)c1)c1cccc(F)c1F. The highest BCUT2D eigenvalue weighted by atomic mass is 35.5. The van der Waals surface area contributed by atoms with E-state index in [2.05, 4.69) is 5.32 Å². The molecule has 6 heteroatoms. The van der Waals surface area contributed by atoms with E-state index in [4.69, 9.17) is 17.3 Å². The third kappa shape index (κ3) is 3.05. The van der Waals surface area contributed by atoms with Crippen molar-refractivity contribution in [3.05, 3.63) is 64.7 Å². The fourth-order valence-corrected chi connectivity index (χ4v) is 1.98. The largest absolute Gasteiger partial charge is 0.370 e. The predicted molar refractivity (Wildman–Crippen MR) is 73.4 cm³/mol. The fraction of sp³-hybridized carbons (Fsp3) is 0.0714. The van der Waals surface area contributed by atoms with E-state index in [9.17, 15) is 13.6 Å². The van der Waals surface area contributed by atoms with Crippen molar-refractivity contribution in [1.82, 2.24) is 0 Å². The number of anilines is 1. The van der Waals surface area contributed by atoms with Crippen LogP contribution < -0.4 is 11.1 Å². The molecule has 20 heavy (non-hydrogen) atoms. The third-order valence-corrected chi connectivity index (χ3v) is 2.95. The topological polar surface area (TPSA) is 55.1 Å². The smallest absolute Gasteiger partial charge is 0.244 e. The Morgan fingerprint density at radius 2 is 1.90 bits per heavy atom. The number of primary amides is 1. The summed E-state index contributed by atoms with van der Waals surface area (Å²) in [5.74, 6) is -2.97. The summed E-state index contributed by atoms with van der Waals surface area (Å²) in [5.41, 5.74) is 5.57. The van der Waals surface area contributed by atoms with Crippen molar-refractivity contribution in [3.8, 4) is 0 Å². The lowest BCUT2D eigenvalue weighted by atomic mass is 10.0. The van der Waals surface area contributed by atoms with E-state index in [1.165, 1.54) is 12.1 Å². The van der Waals surface area contributed by atoms with Crippen LogP contribution in [0.4, 0.5) is 14.5 Å². The van der Waals surface area contributed by atoms with Crippen molar-refractivity contribution in [1.29, 1.82) is 0 Å². The van der Waals surface area contributed by atoms with Gasteiger partial charge in [0.1, 0.15) is 6.04 Å². The minimum absolute atomic E-state index is 0.155. The molecule has 0 radical (unpaired) electrons. The second-order valence-corrected chi connectivity index (χ2v) is 4.57. The van der Waals surface area contributed by atoms with Gasteiger partial charge in [0.15, 0.2) is 11.6 Å². The first-order chi connectivity index (χ1) is 9.49. The molecule has 2 aromatic rings. The van der Waals surface area contributed by atoms with E-state index in [1.54, 1.807) is 24.3 Å². The van der Waals surface area contributed by atoms with Crippen molar-refractivity contribution < 1.29 is 13.6 Å². The van der Waals surface area contributed by atoms with E-state index in [-0.39, 0.29) is 5.56 Å². The van der Waals surface area contributed by atoms with Gasteiger partial charge in [0.2, 0.25) is 5.91 Å². The zero-order valence-corrected chi connectivity index (χ0v) is 11.0. The van der Waals surface area contributed by atoms with Crippen LogP contribution in [0.25, 0.3) is 0 Å². The van der Waals surface area contributed by atoms with Crippen LogP contribution in [0, 0.1) is 11.6 Å². The molecular formula is C14H11ClF2N2O. The molecule has 3 N–H and O–H groups in total. The fourth-order valence-electron chi connectivity index (χ4n) is 1.79. The van der Waals surface area contributed by atoms with Gasteiger partial charge in [-0.05, 0) is 24.3 Å². The Labute approximate surface area is 119 Å². The monoisotopic (exact) mass is 296 g/mol. The van der Waals surface area contributed by atoms with Crippen molar-refractivity contribution in [3.63, 3.8) is 0 Å². The average molecular weight is 297 g/mol. The van der Waals surface area contributed by atoms with Crippen LogP contribution in [-0.2, 0) is 4.79 Å². The summed E-state index contributed by atoms with van der Waals surface area (Å²) in [6.07, 6.45) is 0. The van der Waals surface area contributed by atoms with Gasteiger partial charge in [-0.2, -0.15) is 0 Å². The van der Waals surface area contributed by atoms with Crippen LogP contribution in [0.5, 0.6) is 0 Å². The molecule has 3 nitrogen and oxygen atoms in total. The maximum Gasteiger partial charge on any atom is 0.244 e. The van der Waals surface area contributed by atoms with E-state index in [0.717, 1.165) is 6.07 Å². The summed E-state index contributed by atoms with van der Waals surface area (Å²) in [7, 11) is 0. The number of hydrogen-bond acceptors (Lipinski definition) is 2. The first kappa shape index (κ1) is 14.3. The number of amides is 1. The molecule has 0 bridgehead atoms. The van der Waals surface area contributed by atoms with Crippen molar-refractivity contribution in [2.24, 2.45) is 5.73 Å². The lowest BCUT2D eigenvalue weighted by Crippen LogP contribution is -2.28. The van der Waals surface area contributed by atoms with E-state index >= 15 is 0 Å². The molecule has 0 heterocycles. The van der Waals surface area contributed by atoms with E-state index in [1.807, 2.05) is 0 Å². The Kier molecular flexibility index (Phi) is 4.20. The number of halogens is 3. The van der Waals surface area contributed by atoms with Crippen LogP contribution in [0.2, 0.25) is 5.02 Å². The van der Waals surface area contributed by atoms with E-state index in [0.29, 0.717) is 10.7 Å². The number of carbonyl (C=O) groups excluding carboxylic acids is 1. The van der Waals surface area contributed by atoms with Crippen LogP contribution in [0.3, 0.4) is 0 Å². The molecule has 0 saturated heterocycles. The molecule has 0 aliphatic heterocycles. The molecule has 1 atom stereocenters. The Hall–Kier alpha value is -2.14. The van der Waals surface area contributed by atoms with Gasteiger partial charge in [-0.25, -0.2) is 8.78 Å². The standard InChI is InChI=1S/C14H11ClF2N2O/c15-8-3-1-4-9(7-8)19-13(14(18)20)10-5-2-6-11(16)12(10)17/h1-7,13,19H,(H2,18,20). The minimum Gasteiger partial charge on any atom is -0.370 e. The number of carbonyl (C=O) groups is 1. The van der Waals surface area contributed by atoms with Gasteiger partial charge in [-0.1, -0.05) is 29.8 Å². The predicted octanol–water partition coefficient (Wildman–Crippen LogP) is 3.26. The Bertz CT molecular complexity index is 649. The number of benzene rings is 2. The van der Waals surface area contributed by atoms with Crippen LogP contribution in [0.15, 0.2) is 42.5 Å². The molecular weight excluding hydrogens is 286 g/mol. The third-order valence-electron chi connectivity index (χ3n) is 2.71. The molecule has 0 spiro atoms. The molecule has 0 saturated carbocycles. The van der Waals surface area contributed by atoms with Gasteiger partial charge in [0, 0.05) is 16.3 Å². The molecule has 1 amide bonds. The van der Waals surface area contributed by atoms with E-state index < -0.39 is 23.6 Å². The van der Waals surface area contributed by atoms with Gasteiger partial charge in [-0.3, -0.25) is 4.79 Å². The van der Waals surface area contributed by atoms with Crippen LogP contribution >= 0.6 is 11.6 Å². The van der Waals surface area contributed by atoms with Crippen LogP contribution in [-0.4, -0.2) is 5.91 Å². The lowest BCUT2D eigenvalue weighted by molar-refractivity contribution is -0.118. The maximum atomic E-state index is 13.7. The summed E-state index contributed by atoms with van der Waals surface area (Å²) in [4.78, 5) is 11.5. The van der Waals surface area contributed by atoms with Crippen molar-refractivity contribution >= 4 is 23.2 Å². The van der Waals surface area contributed by atoms with Crippen LogP contribution in [0.1, 0.15) is 11.6 Å². The summed E-state index contributed by atoms with van der Waals surface area (Å²) >= 11 is 5.82. The molecule has 0 aliphatic rings. The lowest BCUT2D eigenvalue weighted by Gasteiger charge is -2.18. The number of hydrogen-bond donors (Lipinski definition) is 2. The van der Waals surface area contributed by atoms with Gasteiger partial charge >= 0.3 is 0 Å². The highest BCUT2D eigenvalue weighted by molar-refractivity contribution is 6.30. The van der Waals surface area contributed by atoms with Gasteiger partial charge in [0.05, 0.1) is 0 Å². The Morgan fingerprint density at radius 3 is 2.55 bits per heavy atom. The summed E-state index contributed by atoms with van der Waals surface area (Å²) in [6.45, 7) is 0. The van der Waals surface area contributed by atoms with Gasteiger partial charge in [-0.15, -0.1) is 0 Å². The molecule has 2 aromatic carbocycles. The summed E-state index contributed by atoms with van der Waals surface area (Å²) in [5, 5.41) is 3.18. The highest BCUT2D eigenvalue weighted by Gasteiger charge is 2.23. The van der Waals surface area contributed by atoms with Gasteiger partial charge in [0.25, 0.3) is 0 Å². The maximum absolute atomic E-state index is 13.7. The molecule has 0 aliphatic carbocycles. The Morgan fingerprint density at radius 1 is 1.20 bits per heavy atom. The second kappa shape index (κ2) is 5.88. The second-order valence-electron chi connectivity index (χ2n) is 4.13. The number of nitrogens with two attached hydrogens (primary N) is 1. The first-order valence-electron chi connectivity index (χ1n) is 5.74. The first-order valence-corrected chi connectivity index (χ1v) is 6.12. The van der Waals surface area contributed by atoms with Crippen molar-refractivity contribution in [2.75, 3.05) is 5.32 Å². The van der Waals surface area contributed by atoms with Gasteiger partial charge < -0.3 is 11.1 Å².